The molecule has 24 heavy (non-hydrogen) atoms. The van der Waals surface area contributed by atoms with Crippen molar-refractivity contribution in [1.82, 2.24) is 10.3 Å². The van der Waals surface area contributed by atoms with Gasteiger partial charge in [-0.15, -0.1) is 0 Å². The molecule has 0 radical (unpaired) electrons. The molecule has 2 N–H and O–H groups in total. The van der Waals surface area contributed by atoms with E-state index >= 15 is 0 Å². The summed E-state index contributed by atoms with van der Waals surface area (Å²) in [6.07, 6.45) is -1.89. The van der Waals surface area contributed by atoms with Crippen molar-refractivity contribution in [3.8, 4) is 0 Å². The molecule has 1 aromatic carbocycles. The second-order valence-electron chi connectivity index (χ2n) is 5.40. The van der Waals surface area contributed by atoms with Crippen LogP contribution in [0.5, 0.6) is 0 Å². The Kier molecular flexibility index (Phi) is 5.33. The lowest BCUT2D eigenvalue weighted by atomic mass is 10.1. The van der Waals surface area contributed by atoms with Gasteiger partial charge in [0.25, 0.3) is 5.91 Å². The van der Waals surface area contributed by atoms with E-state index in [1.807, 2.05) is 0 Å². The van der Waals surface area contributed by atoms with Crippen molar-refractivity contribution in [1.29, 1.82) is 0 Å². The molecular formula is C16H15ClF3N3O. The summed E-state index contributed by atoms with van der Waals surface area (Å²) in [4.78, 5) is 15.8. The number of pyridine rings is 1. The molecule has 0 fully saturated rings. The van der Waals surface area contributed by atoms with Crippen LogP contribution in [0.4, 0.5) is 24.5 Å². The van der Waals surface area contributed by atoms with Gasteiger partial charge in [0.2, 0.25) is 0 Å². The predicted octanol–water partition coefficient (Wildman–Crippen LogP) is 4.64. The third kappa shape index (κ3) is 4.61. The van der Waals surface area contributed by atoms with Crippen LogP contribution in [0.3, 0.4) is 0 Å². The number of nitrogens with zero attached hydrogens (tertiary/aromatic N) is 1. The first-order valence-corrected chi connectivity index (χ1v) is 7.44. The van der Waals surface area contributed by atoms with E-state index in [2.05, 4.69) is 15.6 Å². The van der Waals surface area contributed by atoms with Gasteiger partial charge in [-0.3, -0.25) is 9.78 Å². The second kappa shape index (κ2) is 7.09. The van der Waals surface area contributed by atoms with Gasteiger partial charge in [-0.2, -0.15) is 13.2 Å². The van der Waals surface area contributed by atoms with E-state index in [1.165, 1.54) is 30.6 Å². The number of alkyl halides is 3. The van der Waals surface area contributed by atoms with Crippen LogP contribution in [0.15, 0.2) is 36.7 Å². The molecule has 4 nitrogen and oxygen atoms in total. The highest BCUT2D eigenvalue weighted by Crippen LogP contribution is 2.37. The summed E-state index contributed by atoms with van der Waals surface area (Å²) in [6, 6.07) is 4.78. The Bertz CT molecular complexity index is 748. The van der Waals surface area contributed by atoms with Crippen LogP contribution in [0.25, 0.3) is 0 Å². The summed E-state index contributed by atoms with van der Waals surface area (Å²) >= 11 is 5.65. The Morgan fingerprint density at radius 1 is 1.21 bits per heavy atom. The summed E-state index contributed by atoms with van der Waals surface area (Å²) < 4.78 is 39.3. The van der Waals surface area contributed by atoms with Gasteiger partial charge in [0.05, 0.1) is 28.7 Å². The molecule has 0 aliphatic carbocycles. The van der Waals surface area contributed by atoms with Gasteiger partial charge < -0.3 is 10.6 Å². The third-order valence-corrected chi connectivity index (χ3v) is 3.22. The van der Waals surface area contributed by atoms with Gasteiger partial charge >= 0.3 is 6.18 Å². The summed E-state index contributed by atoms with van der Waals surface area (Å²) in [5, 5.41) is 5.31. The van der Waals surface area contributed by atoms with Crippen LogP contribution >= 0.6 is 11.6 Å². The average molecular weight is 358 g/mol. The second-order valence-corrected chi connectivity index (χ2v) is 5.84. The zero-order valence-corrected chi connectivity index (χ0v) is 13.7. The Labute approximate surface area is 142 Å². The van der Waals surface area contributed by atoms with Crippen molar-refractivity contribution in [2.24, 2.45) is 0 Å². The molecule has 0 unspecified atom stereocenters. The highest BCUT2D eigenvalue weighted by Gasteiger charge is 2.33. The van der Waals surface area contributed by atoms with Crippen LogP contribution in [0.1, 0.15) is 29.8 Å². The minimum Gasteiger partial charge on any atom is -0.354 e. The van der Waals surface area contributed by atoms with Gasteiger partial charge in [0.1, 0.15) is 0 Å². The van der Waals surface area contributed by atoms with Crippen molar-refractivity contribution in [3.05, 3.63) is 52.8 Å². The fourth-order valence-corrected chi connectivity index (χ4v) is 2.17. The Morgan fingerprint density at radius 2 is 1.92 bits per heavy atom. The number of amides is 1. The van der Waals surface area contributed by atoms with E-state index in [0.29, 0.717) is 0 Å². The molecule has 2 rings (SSSR count). The first-order valence-electron chi connectivity index (χ1n) is 7.06. The third-order valence-electron chi connectivity index (χ3n) is 2.99. The van der Waals surface area contributed by atoms with E-state index in [0.717, 1.165) is 6.07 Å². The van der Waals surface area contributed by atoms with Crippen LogP contribution < -0.4 is 10.6 Å². The zero-order chi connectivity index (χ0) is 17.9. The molecule has 1 amide bonds. The monoisotopic (exact) mass is 357 g/mol. The Hall–Kier alpha value is -2.28. The smallest absolute Gasteiger partial charge is 0.354 e. The minimum absolute atomic E-state index is 0.0175. The molecule has 2 aromatic rings. The number of carbonyl (C=O) groups is 1. The molecule has 1 aromatic heterocycles. The van der Waals surface area contributed by atoms with Crippen molar-refractivity contribution in [2.45, 2.75) is 26.1 Å². The number of carbonyl (C=O) groups excluding carboxylic acids is 1. The molecule has 0 saturated heterocycles. The molecule has 8 heteroatoms. The molecule has 0 aliphatic rings. The van der Waals surface area contributed by atoms with Gasteiger partial charge in [0, 0.05) is 17.3 Å². The van der Waals surface area contributed by atoms with Crippen LogP contribution in [0.2, 0.25) is 5.02 Å². The molecule has 128 valence electrons. The lowest BCUT2D eigenvalue weighted by Gasteiger charge is -2.15. The summed E-state index contributed by atoms with van der Waals surface area (Å²) in [6.45, 7) is 3.60. The molecule has 0 saturated carbocycles. The van der Waals surface area contributed by atoms with Crippen molar-refractivity contribution in [3.63, 3.8) is 0 Å². The van der Waals surface area contributed by atoms with Crippen molar-refractivity contribution < 1.29 is 18.0 Å². The average Bonchev–Trinajstić information content (AvgIpc) is 2.47. The van der Waals surface area contributed by atoms with E-state index in [9.17, 15) is 18.0 Å². The number of benzene rings is 1. The van der Waals surface area contributed by atoms with E-state index in [1.54, 1.807) is 13.8 Å². The number of hydrogen-bond acceptors (Lipinski definition) is 3. The standard InChI is InChI=1S/C16H15ClF3N3O/c1-9(2)22-15(24)10-5-12(8-21-7-10)23-14-4-3-11(17)6-13(14)16(18,19)20/h3-9,23H,1-2H3,(H,22,24). The topological polar surface area (TPSA) is 54.0 Å². The van der Waals surface area contributed by atoms with Gasteiger partial charge in [-0.25, -0.2) is 0 Å². The summed E-state index contributed by atoms with van der Waals surface area (Å²) in [5.41, 5.74) is -0.558. The van der Waals surface area contributed by atoms with Gasteiger partial charge in [-0.1, -0.05) is 11.6 Å². The lowest BCUT2D eigenvalue weighted by molar-refractivity contribution is -0.136. The number of nitrogens with one attached hydrogen (secondary N) is 2. The number of hydrogen-bond donors (Lipinski definition) is 2. The van der Waals surface area contributed by atoms with Gasteiger partial charge in [-0.05, 0) is 38.1 Å². The molecule has 0 aliphatic heterocycles. The van der Waals surface area contributed by atoms with E-state index < -0.39 is 11.7 Å². The quantitative estimate of drug-likeness (QED) is 0.838. The molecule has 1 heterocycles. The molecule has 0 bridgehead atoms. The number of anilines is 2. The predicted molar refractivity (Wildman–Crippen MR) is 86.6 cm³/mol. The normalized spacial score (nSPS) is 11.5. The molecule has 0 spiro atoms. The molecule has 0 atom stereocenters. The maximum atomic E-state index is 13.1. The largest absolute Gasteiger partial charge is 0.418 e. The fourth-order valence-electron chi connectivity index (χ4n) is 1.99. The number of halogens is 4. The lowest BCUT2D eigenvalue weighted by Crippen LogP contribution is -2.30. The van der Waals surface area contributed by atoms with Crippen LogP contribution in [-0.2, 0) is 6.18 Å². The fraction of sp³-hybridized carbons (Fsp3) is 0.250. The van der Waals surface area contributed by atoms with Gasteiger partial charge in [0.15, 0.2) is 0 Å². The number of aromatic nitrogens is 1. The minimum atomic E-state index is -4.56. The van der Waals surface area contributed by atoms with Crippen molar-refractivity contribution >= 4 is 28.9 Å². The SMILES string of the molecule is CC(C)NC(=O)c1cncc(Nc2ccc(Cl)cc2C(F)(F)F)c1. The summed E-state index contributed by atoms with van der Waals surface area (Å²) in [7, 11) is 0. The van der Waals surface area contributed by atoms with Crippen LogP contribution in [0, 0.1) is 0 Å². The first kappa shape index (κ1) is 18.1. The molecular weight excluding hydrogens is 343 g/mol. The number of rotatable bonds is 4. The Morgan fingerprint density at radius 3 is 2.54 bits per heavy atom. The highest BCUT2D eigenvalue weighted by atomic mass is 35.5. The maximum Gasteiger partial charge on any atom is 0.418 e. The first-order chi connectivity index (χ1) is 11.2. The van der Waals surface area contributed by atoms with Crippen LogP contribution in [-0.4, -0.2) is 16.9 Å². The zero-order valence-electron chi connectivity index (χ0n) is 12.9. The van der Waals surface area contributed by atoms with E-state index in [4.69, 9.17) is 11.6 Å². The highest BCUT2D eigenvalue weighted by molar-refractivity contribution is 6.30. The van der Waals surface area contributed by atoms with E-state index in [-0.39, 0.29) is 33.9 Å². The maximum absolute atomic E-state index is 13.1. The Balaban J connectivity index is 2.31. The van der Waals surface area contributed by atoms with Crippen molar-refractivity contribution in [2.75, 3.05) is 5.32 Å². The summed E-state index contributed by atoms with van der Waals surface area (Å²) in [5.74, 6) is -0.353.